The van der Waals surface area contributed by atoms with Crippen LogP contribution in [0.25, 0.3) is 0 Å². The fourth-order valence-electron chi connectivity index (χ4n) is 3.11. The third kappa shape index (κ3) is 21.3. The molecule has 1 N–H and O–H groups in total. The average Bonchev–Trinajstić information content (AvgIpc) is 2.58. The molecule has 0 unspecified atom stereocenters. The first kappa shape index (κ1) is 26.1. The second-order valence-electron chi connectivity index (χ2n) is 7.69. The monoisotopic (exact) mass is 398 g/mol. The van der Waals surface area contributed by atoms with Crippen LogP contribution in [0.15, 0.2) is 24.3 Å². The van der Waals surface area contributed by atoms with Crippen molar-refractivity contribution in [3.63, 3.8) is 0 Å². The molecule has 3 nitrogen and oxygen atoms in total. The van der Waals surface area contributed by atoms with E-state index in [1.807, 2.05) is 0 Å². The Morgan fingerprint density at radius 3 is 1.37 bits per heavy atom. The largest absolute Gasteiger partial charge is 0.286 e. The molecule has 4 heteroatoms. The number of hydrogen-bond acceptors (Lipinski definition) is 2. The minimum absolute atomic E-state index is 0.0786. The molecule has 0 bridgehead atoms. The van der Waals surface area contributed by atoms with Crippen molar-refractivity contribution in [2.75, 3.05) is 5.75 Å². The molecular weight excluding hydrogens is 356 g/mol. The zero-order valence-corrected chi connectivity index (χ0v) is 18.7. The first-order valence-electron chi connectivity index (χ1n) is 10.8. The van der Waals surface area contributed by atoms with Gasteiger partial charge in [0, 0.05) is 0 Å². The van der Waals surface area contributed by atoms with Crippen LogP contribution < -0.4 is 0 Å². The van der Waals surface area contributed by atoms with Crippen LogP contribution in [0.3, 0.4) is 0 Å². The van der Waals surface area contributed by atoms with Gasteiger partial charge in [0.1, 0.15) is 0 Å². The molecule has 0 atom stereocenters. The molecule has 0 aliphatic rings. The maximum absolute atomic E-state index is 10.5. The molecule has 1 rings (SSSR count). The Morgan fingerprint density at radius 2 is 1.07 bits per heavy atom. The number of unbranched alkanes of at least 4 members (excludes halogenated alkanes) is 12. The van der Waals surface area contributed by atoms with Crippen molar-refractivity contribution in [3.8, 4) is 0 Å². The topological polar surface area (TPSA) is 54.4 Å². The summed E-state index contributed by atoms with van der Waals surface area (Å²) in [5.41, 5.74) is 2.68. The van der Waals surface area contributed by atoms with Gasteiger partial charge < -0.3 is 0 Å². The Labute approximate surface area is 168 Å². The smallest absolute Gasteiger partial charge is 0.264 e. The Balaban J connectivity index is 0.000000694. The maximum atomic E-state index is 10.5. The van der Waals surface area contributed by atoms with E-state index in [-0.39, 0.29) is 5.75 Å². The van der Waals surface area contributed by atoms with Crippen LogP contribution in [0.5, 0.6) is 0 Å². The Morgan fingerprint density at radius 1 is 0.704 bits per heavy atom. The van der Waals surface area contributed by atoms with Gasteiger partial charge in [0.25, 0.3) is 10.1 Å². The molecule has 0 fully saturated rings. The summed E-state index contributed by atoms with van der Waals surface area (Å²) in [6.07, 6.45) is 15.9. The highest BCUT2D eigenvalue weighted by molar-refractivity contribution is 7.85. The van der Waals surface area contributed by atoms with E-state index >= 15 is 0 Å². The Bertz CT molecular complexity index is 535. The third-order valence-corrected chi connectivity index (χ3v) is 5.48. The molecule has 0 radical (unpaired) electrons. The lowest BCUT2D eigenvalue weighted by molar-refractivity contribution is 0.478. The predicted molar refractivity (Wildman–Crippen MR) is 118 cm³/mol. The van der Waals surface area contributed by atoms with E-state index in [4.69, 9.17) is 4.55 Å². The molecule has 0 saturated carbocycles. The van der Waals surface area contributed by atoms with E-state index in [1.54, 1.807) is 0 Å². The lowest BCUT2D eigenvalue weighted by atomic mass is 10.1. The fraction of sp³-hybridized carbons (Fsp3) is 0.739. The van der Waals surface area contributed by atoms with Gasteiger partial charge in [0.05, 0.1) is 5.75 Å². The lowest BCUT2D eigenvalue weighted by Gasteiger charge is -2.02. The van der Waals surface area contributed by atoms with E-state index in [0.29, 0.717) is 6.42 Å². The summed E-state index contributed by atoms with van der Waals surface area (Å²) in [4.78, 5) is 0. The quantitative estimate of drug-likeness (QED) is 0.265. The summed E-state index contributed by atoms with van der Waals surface area (Å²) in [7, 11) is -3.74. The van der Waals surface area contributed by atoms with Crippen molar-refractivity contribution in [1.29, 1.82) is 0 Å². The first-order chi connectivity index (χ1) is 12.8. The van der Waals surface area contributed by atoms with E-state index in [0.717, 1.165) is 12.8 Å². The van der Waals surface area contributed by atoms with Crippen molar-refractivity contribution in [1.82, 2.24) is 0 Å². The molecule has 0 aromatic heterocycles. The molecular formula is C23H42O3S. The molecule has 0 aliphatic heterocycles. The highest BCUT2D eigenvalue weighted by Crippen LogP contribution is 2.12. The van der Waals surface area contributed by atoms with Crippen LogP contribution in [0.1, 0.15) is 102 Å². The van der Waals surface area contributed by atoms with Crippen LogP contribution in [-0.2, 0) is 10.1 Å². The SMILES string of the molecule is CCCCCCCCCCCCCCCS(=O)(=O)O.Cc1cccc(C)c1. The van der Waals surface area contributed by atoms with Gasteiger partial charge in [-0.15, -0.1) is 0 Å². The van der Waals surface area contributed by atoms with Crippen molar-refractivity contribution in [2.45, 2.75) is 104 Å². The maximum Gasteiger partial charge on any atom is 0.264 e. The summed E-state index contributed by atoms with van der Waals surface area (Å²) < 4.78 is 29.5. The summed E-state index contributed by atoms with van der Waals surface area (Å²) in [5.74, 6) is -0.0786. The number of rotatable bonds is 14. The number of hydrogen-bond donors (Lipinski definition) is 1. The van der Waals surface area contributed by atoms with Crippen molar-refractivity contribution in [2.24, 2.45) is 0 Å². The summed E-state index contributed by atoms with van der Waals surface area (Å²) >= 11 is 0. The van der Waals surface area contributed by atoms with E-state index in [1.165, 1.54) is 75.3 Å². The van der Waals surface area contributed by atoms with E-state index in [2.05, 4.69) is 45.0 Å². The van der Waals surface area contributed by atoms with Gasteiger partial charge in [-0.25, -0.2) is 0 Å². The lowest BCUT2D eigenvalue weighted by Crippen LogP contribution is -2.03. The summed E-state index contributed by atoms with van der Waals surface area (Å²) in [6, 6.07) is 8.45. The molecule has 0 spiro atoms. The third-order valence-electron chi connectivity index (χ3n) is 4.68. The number of aryl methyl sites for hydroxylation is 2. The minimum Gasteiger partial charge on any atom is -0.286 e. The van der Waals surface area contributed by atoms with Gasteiger partial charge in [-0.05, 0) is 20.3 Å². The van der Waals surface area contributed by atoms with Gasteiger partial charge >= 0.3 is 0 Å². The molecule has 27 heavy (non-hydrogen) atoms. The van der Waals surface area contributed by atoms with Crippen LogP contribution in [-0.4, -0.2) is 18.7 Å². The second kappa shape index (κ2) is 17.2. The van der Waals surface area contributed by atoms with Gasteiger partial charge in [-0.3, -0.25) is 4.55 Å². The zero-order chi connectivity index (χ0) is 20.4. The predicted octanol–water partition coefficient (Wildman–Crippen LogP) is 7.27. The summed E-state index contributed by atoms with van der Waals surface area (Å²) in [6.45, 7) is 6.45. The van der Waals surface area contributed by atoms with E-state index in [9.17, 15) is 8.42 Å². The molecule has 0 aliphatic carbocycles. The van der Waals surface area contributed by atoms with E-state index < -0.39 is 10.1 Å². The van der Waals surface area contributed by atoms with Crippen LogP contribution in [0.2, 0.25) is 0 Å². The summed E-state index contributed by atoms with van der Waals surface area (Å²) in [5, 5.41) is 0. The molecule has 1 aromatic carbocycles. The average molecular weight is 399 g/mol. The molecule has 1 aromatic rings. The van der Waals surface area contributed by atoms with Crippen LogP contribution in [0.4, 0.5) is 0 Å². The van der Waals surface area contributed by atoms with Gasteiger partial charge in [-0.2, -0.15) is 8.42 Å². The van der Waals surface area contributed by atoms with Crippen LogP contribution in [0, 0.1) is 13.8 Å². The fourth-order valence-corrected chi connectivity index (χ4v) is 3.68. The molecule has 0 saturated heterocycles. The normalized spacial score (nSPS) is 11.1. The molecule has 0 heterocycles. The first-order valence-corrected chi connectivity index (χ1v) is 12.4. The minimum atomic E-state index is -3.74. The van der Waals surface area contributed by atoms with Gasteiger partial charge in [0.15, 0.2) is 0 Å². The van der Waals surface area contributed by atoms with Gasteiger partial charge in [-0.1, -0.05) is 119 Å². The molecule has 158 valence electrons. The van der Waals surface area contributed by atoms with Gasteiger partial charge in [0.2, 0.25) is 0 Å². The van der Waals surface area contributed by atoms with Crippen molar-refractivity contribution < 1.29 is 13.0 Å². The standard InChI is InChI=1S/C15H32O3S.C8H10/c1-2-3-4-5-6-7-8-9-10-11-12-13-14-15-19(16,17)18;1-7-4-3-5-8(2)6-7/h2-15H2,1H3,(H,16,17,18);3-6H,1-2H3. The molecule has 0 amide bonds. The highest BCUT2D eigenvalue weighted by atomic mass is 32.2. The van der Waals surface area contributed by atoms with Crippen molar-refractivity contribution in [3.05, 3.63) is 35.4 Å². The zero-order valence-electron chi connectivity index (χ0n) is 17.9. The van der Waals surface area contributed by atoms with Crippen molar-refractivity contribution >= 4 is 10.1 Å². The van der Waals surface area contributed by atoms with Crippen LogP contribution >= 0.6 is 0 Å². The number of benzene rings is 1. The highest BCUT2D eigenvalue weighted by Gasteiger charge is 2.02. The Hall–Kier alpha value is -0.870. The Kier molecular flexibility index (Phi) is 16.7. The second-order valence-corrected chi connectivity index (χ2v) is 9.26.